The Kier molecular flexibility index (Phi) is 3.85. The Morgan fingerprint density at radius 1 is 0.538 bits per heavy atom. The van der Waals surface area contributed by atoms with Crippen molar-refractivity contribution in [3.63, 3.8) is 0 Å². The molecule has 2 rings (SSSR count). The van der Waals surface area contributed by atoms with Gasteiger partial charge in [0.05, 0.1) is 0 Å². The SMILES string of the molecule is C1CCC(=[P+]=C2CCCCC2)CC1. The first-order valence-corrected chi connectivity index (χ1v) is 6.76. The first-order valence-electron chi connectivity index (χ1n) is 5.86. The number of rotatable bonds is 0. The van der Waals surface area contributed by atoms with Crippen LogP contribution in [0.3, 0.4) is 0 Å². The molecule has 2 saturated carbocycles. The number of hydrogen-bond acceptors (Lipinski definition) is 0. The molecule has 2 aliphatic carbocycles. The van der Waals surface area contributed by atoms with Gasteiger partial charge >= 0.3 is 82.6 Å². The maximum absolute atomic E-state index is 1.85. The molecule has 13 heavy (non-hydrogen) atoms. The second-order valence-electron chi connectivity index (χ2n) is 4.37. The molecule has 0 aliphatic heterocycles. The van der Waals surface area contributed by atoms with Gasteiger partial charge in [-0.05, 0) is 0 Å². The molecule has 0 heterocycles. The Balaban J connectivity index is 2.04. The van der Waals surface area contributed by atoms with E-state index in [9.17, 15) is 0 Å². The van der Waals surface area contributed by atoms with Crippen LogP contribution in [-0.2, 0) is 0 Å². The Labute approximate surface area is 83.2 Å². The first kappa shape index (κ1) is 9.71. The summed E-state index contributed by atoms with van der Waals surface area (Å²) in [6, 6.07) is 0. The van der Waals surface area contributed by atoms with Crippen molar-refractivity contribution in [2.24, 2.45) is 0 Å². The van der Waals surface area contributed by atoms with E-state index < -0.39 is 0 Å². The van der Waals surface area contributed by atoms with Gasteiger partial charge in [0.25, 0.3) is 0 Å². The van der Waals surface area contributed by atoms with Gasteiger partial charge in [-0.15, -0.1) is 0 Å². The molecule has 1 heteroatoms. The van der Waals surface area contributed by atoms with Crippen LogP contribution in [0, 0.1) is 0 Å². The summed E-state index contributed by atoms with van der Waals surface area (Å²) in [5.41, 5.74) is 0. The molecule has 0 radical (unpaired) electrons. The molecule has 2 fully saturated rings. The van der Waals surface area contributed by atoms with E-state index in [0.717, 1.165) is 0 Å². The van der Waals surface area contributed by atoms with Crippen LogP contribution in [0.5, 0.6) is 0 Å². The van der Waals surface area contributed by atoms with Gasteiger partial charge < -0.3 is 0 Å². The summed E-state index contributed by atoms with van der Waals surface area (Å²) in [5, 5.41) is 3.70. The maximum atomic E-state index is 1.85. The number of hydrogen-bond donors (Lipinski definition) is 0. The summed E-state index contributed by atoms with van der Waals surface area (Å²) in [6.07, 6.45) is 14.6. The fourth-order valence-electron chi connectivity index (χ4n) is 2.37. The molecule has 0 N–H and O–H groups in total. The fourth-order valence-corrected chi connectivity index (χ4v) is 3.89. The van der Waals surface area contributed by atoms with Crippen molar-refractivity contribution >= 4 is 18.4 Å². The van der Waals surface area contributed by atoms with Crippen molar-refractivity contribution in [2.75, 3.05) is 0 Å². The third-order valence-electron chi connectivity index (χ3n) is 3.18. The zero-order valence-electron chi connectivity index (χ0n) is 8.52. The fraction of sp³-hybridized carbons (Fsp3) is 0.833. The van der Waals surface area contributed by atoms with Crippen molar-refractivity contribution in [1.82, 2.24) is 0 Å². The van der Waals surface area contributed by atoms with Crippen LogP contribution in [0.15, 0.2) is 0 Å². The van der Waals surface area contributed by atoms with E-state index in [1.54, 1.807) is 7.83 Å². The predicted octanol–water partition coefficient (Wildman–Crippen LogP) is 4.21. The van der Waals surface area contributed by atoms with Gasteiger partial charge in [0.1, 0.15) is 0 Å². The summed E-state index contributed by atoms with van der Waals surface area (Å²) < 4.78 is 0. The summed E-state index contributed by atoms with van der Waals surface area (Å²) >= 11 is 0. The van der Waals surface area contributed by atoms with Crippen molar-refractivity contribution in [1.29, 1.82) is 0 Å². The topological polar surface area (TPSA) is 0 Å². The molecule has 72 valence electrons. The molecule has 0 aromatic rings. The standard InChI is InChI=1S/C12H20P/c1-3-7-11(8-4-1)13-12-9-5-2-6-10-12/h1-10H2/q+1. The second-order valence-corrected chi connectivity index (χ2v) is 5.85. The van der Waals surface area contributed by atoms with Crippen LogP contribution in [0.2, 0.25) is 0 Å². The average Bonchev–Trinajstić information content (AvgIpc) is 2.21. The van der Waals surface area contributed by atoms with Crippen molar-refractivity contribution < 1.29 is 0 Å². The van der Waals surface area contributed by atoms with E-state index in [1.165, 1.54) is 64.2 Å². The van der Waals surface area contributed by atoms with E-state index in [1.807, 2.05) is 10.6 Å². The quantitative estimate of drug-likeness (QED) is 0.508. The summed E-state index contributed by atoms with van der Waals surface area (Å²) in [6.45, 7) is 0. The molecule has 2 aliphatic rings. The molecular formula is C12H20P+. The van der Waals surface area contributed by atoms with Crippen LogP contribution >= 0.6 is 7.83 Å². The van der Waals surface area contributed by atoms with Gasteiger partial charge in [0.15, 0.2) is 0 Å². The minimum absolute atomic E-state index is 1.44. The summed E-state index contributed by atoms with van der Waals surface area (Å²) in [7, 11) is 1.67. The normalized spacial score (nSPS) is 24.3. The van der Waals surface area contributed by atoms with Gasteiger partial charge in [-0.25, -0.2) is 0 Å². The van der Waals surface area contributed by atoms with Crippen LogP contribution in [-0.4, -0.2) is 10.6 Å². The van der Waals surface area contributed by atoms with E-state index in [4.69, 9.17) is 0 Å². The van der Waals surface area contributed by atoms with E-state index in [-0.39, 0.29) is 0 Å². The van der Waals surface area contributed by atoms with Crippen molar-refractivity contribution in [3.8, 4) is 0 Å². The third-order valence-corrected chi connectivity index (χ3v) is 4.70. The molecule has 0 saturated heterocycles. The van der Waals surface area contributed by atoms with Crippen molar-refractivity contribution in [2.45, 2.75) is 64.2 Å². The van der Waals surface area contributed by atoms with E-state index in [2.05, 4.69) is 0 Å². The van der Waals surface area contributed by atoms with E-state index in [0.29, 0.717) is 0 Å². The van der Waals surface area contributed by atoms with Gasteiger partial charge in [-0.2, -0.15) is 0 Å². The molecule has 0 spiro atoms. The minimum atomic E-state index is 1.44. The second kappa shape index (κ2) is 5.15. The average molecular weight is 195 g/mol. The molecule has 0 unspecified atom stereocenters. The summed E-state index contributed by atoms with van der Waals surface area (Å²) in [4.78, 5) is 0. The van der Waals surface area contributed by atoms with Gasteiger partial charge in [-0.1, -0.05) is 0 Å². The molecule has 0 aromatic heterocycles. The molecule has 0 aromatic carbocycles. The Bertz CT molecular complexity index is 196. The van der Waals surface area contributed by atoms with Crippen LogP contribution < -0.4 is 0 Å². The van der Waals surface area contributed by atoms with Crippen LogP contribution in [0.25, 0.3) is 0 Å². The van der Waals surface area contributed by atoms with Gasteiger partial charge in [0.2, 0.25) is 0 Å². The summed E-state index contributed by atoms with van der Waals surface area (Å²) in [5.74, 6) is 0. The van der Waals surface area contributed by atoms with Gasteiger partial charge in [0, 0.05) is 0 Å². The molecular weight excluding hydrogens is 175 g/mol. The molecule has 0 nitrogen and oxygen atoms in total. The Morgan fingerprint density at radius 3 is 1.31 bits per heavy atom. The molecule has 0 amide bonds. The van der Waals surface area contributed by atoms with Gasteiger partial charge in [-0.3, -0.25) is 0 Å². The zero-order chi connectivity index (χ0) is 8.93. The Hall–Kier alpha value is 0.170. The van der Waals surface area contributed by atoms with Crippen molar-refractivity contribution in [3.05, 3.63) is 0 Å². The van der Waals surface area contributed by atoms with E-state index >= 15 is 0 Å². The third kappa shape index (κ3) is 3.09. The monoisotopic (exact) mass is 195 g/mol. The first-order chi connectivity index (χ1) is 6.45. The van der Waals surface area contributed by atoms with Crippen LogP contribution in [0.4, 0.5) is 0 Å². The van der Waals surface area contributed by atoms with Crippen LogP contribution in [0.1, 0.15) is 64.2 Å². The molecule has 0 atom stereocenters. The predicted molar refractivity (Wildman–Crippen MR) is 63.1 cm³/mol. The Morgan fingerprint density at radius 2 is 0.923 bits per heavy atom. The molecule has 0 bridgehead atoms. The zero-order valence-corrected chi connectivity index (χ0v) is 9.41.